The van der Waals surface area contributed by atoms with Gasteiger partial charge >= 0.3 is 0 Å². The Morgan fingerprint density at radius 1 is 1.55 bits per heavy atom. The highest BCUT2D eigenvalue weighted by molar-refractivity contribution is 7.71. The van der Waals surface area contributed by atoms with Gasteiger partial charge in [0.15, 0.2) is 10.6 Å². The molecule has 0 radical (unpaired) electrons. The zero-order valence-corrected chi connectivity index (χ0v) is 6.57. The van der Waals surface area contributed by atoms with Crippen LogP contribution in [0.15, 0.2) is 6.20 Å². The first-order valence-electron chi connectivity index (χ1n) is 3.39. The summed E-state index contributed by atoms with van der Waals surface area (Å²) in [4.78, 5) is 17.8. The topological polar surface area (TPSA) is 45.8 Å². The van der Waals surface area contributed by atoms with E-state index >= 15 is 0 Å². The van der Waals surface area contributed by atoms with E-state index in [9.17, 15) is 4.79 Å². The number of nitrogens with zero attached hydrogens (tertiary/aromatic N) is 1. The number of aromatic amines is 1. The van der Waals surface area contributed by atoms with Crippen LogP contribution in [0.1, 0.15) is 22.5 Å². The van der Waals surface area contributed by atoms with Crippen LogP contribution < -0.4 is 0 Å². The van der Waals surface area contributed by atoms with Gasteiger partial charge in [-0.15, -0.1) is 0 Å². The number of carbonyl (C=O) groups is 1. The van der Waals surface area contributed by atoms with Crippen LogP contribution in [0.2, 0.25) is 0 Å². The molecule has 1 N–H and O–H groups in total. The molecule has 0 bridgehead atoms. The highest BCUT2D eigenvalue weighted by Gasteiger charge is 2.19. The highest BCUT2D eigenvalue weighted by atomic mass is 32.1. The maximum Gasteiger partial charge on any atom is 0.197 e. The Balaban J connectivity index is 2.70. The Morgan fingerprint density at radius 2 is 2.36 bits per heavy atom. The SMILES string of the molecule is O=C1CCc2cnc(=S)[nH]c21. The molecule has 3 nitrogen and oxygen atoms in total. The summed E-state index contributed by atoms with van der Waals surface area (Å²) in [6, 6.07) is 0. The molecule has 4 heteroatoms. The van der Waals surface area contributed by atoms with E-state index in [1.54, 1.807) is 6.20 Å². The zero-order chi connectivity index (χ0) is 7.84. The minimum atomic E-state index is 0.147. The van der Waals surface area contributed by atoms with Crippen LogP contribution in [-0.4, -0.2) is 15.8 Å². The van der Waals surface area contributed by atoms with Crippen molar-refractivity contribution in [2.75, 3.05) is 0 Å². The van der Waals surface area contributed by atoms with Gasteiger partial charge in [0, 0.05) is 12.6 Å². The second kappa shape index (κ2) is 2.23. The number of carbonyl (C=O) groups excluding carboxylic acids is 1. The van der Waals surface area contributed by atoms with Gasteiger partial charge in [0.1, 0.15) is 0 Å². The number of H-pyrrole nitrogens is 1. The maximum atomic E-state index is 11.1. The monoisotopic (exact) mass is 166 g/mol. The van der Waals surface area contributed by atoms with Gasteiger partial charge < -0.3 is 4.98 Å². The zero-order valence-electron chi connectivity index (χ0n) is 5.76. The summed E-state index contributed by atoms with van der Waals surface area (Å²) in [6.45, 7) is 0. The molecule has 1 heterocycles. The normalized spacial score (nSPS) is 15.1. The Morgan fingerprint density at radius 3 is 3.18 bits per heavy atom. The van der Waals surface area contributed by atoms with Crippen molar-refractivity contribution in [2.45, 2.75) is 12.8 Å². The van der Waals surface area contributed by atoms with Crippen molar-refractivity contribution in [2.24, 2.45) is 0 Å². The van der Waals surface area contributed by atoms with E-state index in [4.69, 9.17) is 12.2 Å². The molecule has 0 aliphatic heterocycles. The van der Waals surface area contributed by atoms with Crippen molar-refractivity contribution in [3.05, 3.63) is 22.2 Å². The lowest BCUT2D eigenvalue weighted by Crippen LogP contribution is -1.96. The lowest BCUT2D eigenvalue weighted by atomic mass is 10.3. The Labute approximate surface area is 68.5 Å². The summed E-state index contributed by atoms with van der Waals surface area (Å²) < 4.78 is 0.388. The third-order valence-electron chi connectivity index (χ3n) is 1.79. The molecular formula is C7H6N2OS. The first kappa shape index (κ1) is 6.67. The number of Topliss-reactive ketones (excluding diaryl/α,β-unsaturated/α-hetero) is 1. The van der Waals surface area contributed by atoms with Gasteiger partial charge in [-0.3, -0.25) is 4.79 Å². The Bertz CT molecular complexity index is 369. The van der Waals surface area contributed by atoms with Crippen molar-refractivity contribution in [3.8, 4) is 0 Å². The van der Waals surface area contributed by atoms with Crippen molar-refractivity contribution in [3.63, 3.8) is 0 Å². The lowest BCUT2D eigenvalue weighted by Gasteiger charge is -1.93. The molecule has 0 amide bonds. The summed E-state index contributed by atoms with van der Waals surface area (Å²) in [5.41, 5.74) is 1.65. The number of hydrogen-bond acceptors (Lipinski definition) is 3. The molecule has 0 atom stereocenters. The maximum absolute atomic E-state index is 11.1. The van der Waals surface area contributed by atoms with E-state index in [1.807, 2.05) is 0 Å². The number of aromatic nitrogens is 2. The van der Waals surface area contributed by atoms with Crippen LogP contribution in [0.3, 0.4) is 0 Å². The first-order chi connectivity index (χ1) is 5.27. The molecule has 0 aromatic carbocycles. The highest BCUT2D eigenvalue weighted by Crippen LogP contribution is 2.17. The molecule has 0 spiro atoms. The van der Waals surface area contributed by atoms with Gasteiger partial charge in [-0.2, -0.15) is 0 Å². The van der Waals surface area contributed by atoms with Crippen LogP contribution in [0.4, 0.5) is 0 Å². The van der Waals surface area contributed by atoms with Gasteiger partial charge in [-0.25, -0.2) is 4.98 Å². The van der Waals surface area contributed by atoms with Gasteiger partial charge in [0.05, 0.1) is 5.69 Å². The number of fused-ring (bicyclic) bond motifs is 1. The van der Waals surface area contributed by atoms with Crippen LogP contribution in [0, 0.1) is 4.77 Å². The molecule has 56 valence electrons. The second-order valence-corrected chi connectivity index (χ2v) is 2.90. The van der Waals surface area contributed by atoms with E-state index in [-0.39, 0.29) is 5.78 Å². The number of rotatable bonds is 0. The third kappa shape index (κ3) is 0.991. The summed E-state index contributed by atoms with van der Waals surface area (Å²) in [6.07, 6.45) is 3.07. The third-order valence-corrected chi connectivity index (χ3v) is 2.00. The number of nitrogens with one attached hydrogen (secondary N) is 1. The molecular weight excluding hydrogens is 160 g/mol. The number of hydrogen-bond donors (Lipinski definition) is 1. The second-order valence-electron chi connectivity index (χ2n) is 2.51. The molecule has 0 saturated carbocycles. The quantitative estimate of drug-likeness (QED) is 0.590. The molecule has 1 aromatic heterocycles. The van der Waals surface area contributed by atoms with Crippen LogP contribution in [0.25, 0.3) is 0 Å². The number of aryl methyl sites for hydroxylation is 1. The van der Waals surface area contributed by atoms with Crippen molar-refractivity contribution < 1.29 is 4.79 Å². The predicted molar refractivity (Wildman–Crippen MR) is 42.1 cm³/mol. The standard InChI is InChI=1S/C7H6N2OS/c10-5-2-1-4-3-8-7(11)9-6(4)5/h3H,1-2H2,(H,8,9,11). The molecule has 0 fully saturated rings. The number of ketones is 1. The average Bonchev–Trinajstić information content (AvgIpc) is 2.33. The fourth-order valence-corrected chi connectivity index (χ4v) is 1.39. The van der Waals surface area contributed by atoms with E-state index in [2.05, 4.69) is 9.97 Å². The molecule has 0 saturated heterocycles. The summed E-state index contributed by atoms with van der Waals surface area (Å²) >= 11 is 4.79. The van der Waals surface area contributed by atoms with Crippen LogP contribution in [-0.2, 0) is 6.42 Å². The molecule has 1 aliphatic rings. The van der Waals surface area contributed by atoms with Crippen LogP contribution in [0.5, 0.6) is 0 Å². The van der Waals surface area contributed by atoms with Crippen molar-refractivity contribution >= 4 is 18.0 Å². The van der Waals surface area contributed by atoms with Crippen LogP contribution >= 0.6 is 12.2 Å². The molecule has 2 rings (SSSR count). The predicted octanol–water partition coefficient (Wildman–Crippen LogP) is 1.27. The lowest BCUT2D eigenvalue weighted by molar-refractivity contribution is 0.0990. The van der Waals surface area contributed by atoms with Gasteiger partial charge in [0.25, 0.3) is 0 Å². The van der Waals surface area contributed by atoms with Gasteiger partial charge in [-0.1, -0.05) is 0 Å². The average molecular weight is 166 g/mol. The van der Waals surface area contributed by atoms with E-state index in [0.29, 0.717) is 16.9 Å². The van der Waals surface area contributed by atoms with Gasteiger partial charge in [-0.05, 0) is 24.2 Å². The minimum absolute atomic E-state index is 0.147. The van der Waals surface area contributed by atoms with Gasteiger partial charge in [0.2, 0.25) is 0 Å². The van der Waals surface area contributed by atoms with E-state index < -0.39 is 0 Å². The van der Waals surface area contributed by atoms with E-state index in [1.165, 1.54) is 0 Å². The molecule has 1 aromatic rings. The molecule has 0 unspecified atom stereocenters. The van der Waals surface area contributed by atoms with Crippen molar-refractivity contribution in [1.29, 1.82) is 0 Å². The Hall–Kier alpha value is -1.03. The molecule has 1 aliphatic carbocycles. The molecule has 11 heavy (non-hydrogen) atoms. The summed E-state index contributed by atoms with van der Waals surface area (Å²) in [5.74, 6) is 0.147. The fraction of sp³-hybridized carbons (Fsp3) is 0.286. The summed E-state index contributed by atoms with van der Waals surface area (Å²) in [5, 5.41) is 0. The van der Waals surface area contributed by atoms with E-state index in [0.717, 1.165) is 12.0 Å². The minimum Gasteiger partial charge on any atom is -0.328 e. The smallest absolute Gasteiger partial charge is 0.197 e. The largest absolute Gasteiger partial charge is 0.328 e. The first-order valence-corrected chi connectivity index (χ1v) is 3.79. The fourth-order valence-electron chi connectivity index (χ4n) is 1.23. The Kier molecular flexibility index (Phi) is 1.35. The van der Waals surface area contributed by atoms with Crippen molar-refractivity contribution in [1.82, 2.24) is 9.97 Å². The summed E-state index contributed by atoms with van der Waals surface area (Å²) in [7, 11) is 0.